The lowest BCUT2D eigenvalue weighted by molar-refractivity contribution is -0.403. The Morgan fingerprint density at radius 2 is 2.24 bits per heavy atom. The topological polar surface area (TPSA) is 113 Å². The Hall–Kier alpha value is -3.86. The fourth-order valence-corrected chi connectivity index (χ4v) is 1.88. The van der Waals surface area contributed by atoms with Crippen molar-refractivity contribution in [1.82, 2.24) is 4.98 Å². The van der Waals surface area contributed by atoms with Crippen molar-refractivity contribution in [2.45, 2.75) is 0 Å². The average molecular weight is 337 g/mol. The van der Waals surface area contributed by atoms with Gasteiger partial charge < -0.3 is 15.4 Å². The van der Waals surface area contributed by atoms with E-state index in [1.54, 1.807) is 42.6 Å². The Morgan fingerprint density at radius 3 is 2.88 bits per heavy atom. The zero-order valence-corrected chi connectivity index (χ0v) is 13.2. The van der Waals surface area contributed by atoms with Crippen LogP contribution in [0.15, 0.2) is 67.3 Å². The van der Waals surface area contributed by atoms with E-state index in [0.29, 0.717) is 22.8 Å². The quantitative estimate of drug-likeness (QED) is 0.432. The van der Waals surface area contributed by atoms with Crippen LogP contribution in [-0.2, 0) is 0 Å². The van der Waals surface area contributed by atoms with Gasteiger partial charge in [0.05, 0.1) is 22.2 Å². The van der Waals surface area contributed by atoms with E-state index in [0.717, 1.165) is 6.20 Å². The number of nitrogens with zero attached hydrogens (tertiary/aromatic N) is 3. The molecule has 1 aromatic carbocycles. The van der Waals surface area contributed by atoms with Gasteiger partial charge in [-0.2, -0.15) is 5.26 Å². The van der Waals surface area contributed by atoms with E-state index in [-0.39, 0.29) is 12.4 Å². The van der Waals surface area contributed by atoms with Gasteiger partial charge in [-0.05, 0) is 24.3 Å². The number of nitrogens with one attached hydrogen (secondary N) is 2. The van der Waals surface area contributed by atoms with Gasteiger partial charge in [-0.25, -0.2) is 4.98 Å². The maximum atomic E-state index is 10.9. The van der Waals surface area contributed by atoms with Crippen molar-refractivity contribution in [1.29, 1.82) is 5.26 Å². The minimum absolute atomic E-state index is 0.0943. The molecule has 2 N–H and O–H groups in total. The summed E-state index contributed by atoms with van der Waals surface area (Å²) in [5.74, 6) is 0.901. The van der Waals surface area contributed by atoms with Gasteiger partial charge in [0, 0.05) is 12.3 Å². The Bertz CT molecular complexity index is 828. The first kappa shape index (κ1) is 17.5. The molecule has 2 rings (SSSR count). The van der Waals surface area contributed by atoms with Crippen LogP contribution < -0.4 is 15.4 Å². The van der Waals surface area contributed by atoms with E-state index in [1.165, 1.54) is 6.07 Å². The SMILES string of the molecule is C=CCOc1cc(C#N)ccc1NC(=C[N+](=O)[O-])Nc1ccccn1. The number of rotatable bonds is 8. The van der Waals surface area contributed by atoms with Gasteiger partial charge in [0.25, 0.3) is 6.20 Å². The second-order valence-electron chi connectivity index (χ2n) is 4.72. The number of hydrogen-bond acceptors (Lipinski definition) is 7. The number of pyridine rings is 1. The summed E-state index contributed by atoms with van der Waals surface area (Å²) in [5, 5.41) is 25.6. The predicted molar refractivity (Wildman–Crippen MR) is 93.4 cm³/mol. The Morgan fingerprint density at radius 1 is 1.40 bits per heavy atom. The molecule has 126 valence electrons. The zero-order valence-electron chi connectivity index (χ0n) is 13.2. The van der Waals surface area contributed by atoms with Crippen molar-refractivity contribution >= 4 is 11.5 Å². The minimum Gasteiger partial charge on any atom is -0.487 e. The number of benzene rings is 1. The number of hydrogen-bond donors (Lipinski definition) is 2. The van der Waals surface area contributed by atoms with Crippen LogP contribution in [0.25, 0.3) is 0 Å². The van der Waals surface area contributed by atoms with E-state index in [1.807, 2.05) is 6.07 Å². The molecule has 8 nitrogen and oxygen atoms in total. The molecule has 8 heteroatoms. The van der Waals surface area contributed by atoms with E-state index in [4.69, 9.17) is 10.00 Å². The summed E-state index contributed by atoms with van der Waals surface area (Å²) in [5.41, 5.74) is 0.861. The number of nitro groups is 1. The third-order valence-electron chi connectivity index (χ3n) is 2.90. The molecule has 0 fully saturated rings. The van der Waals surface area contributed by atoms with E-state index in [9.17, 15) is 10.1 Å². The molecule has 0 bridgehead atoms. The normalized spacial score (nSPS) is 10.4. The van der Waals surface area contributed by atoms with Gasteiger partial charge in [-0.3, -0.25) is 10.1 Å². The summed E-state index contributed by atoms with van der Waals surface area (Å²) in [7, 11) is 0. The Labute approximate surface area is 144 Å². The van der Waals surface area contributed by atoms with Gasteiger partial charge in [-0.1, -0.05) is 18.7 Å². The maximum Gasteiger partial charge on any atom is 0.274 e. The third-order valence-corrected chi connectivity index (χ3v) is 2.90. The molecule has 2 aromatic rings. The van der Waals surface area contributed by atoms with Crippen molar-refractivity contribution in [2.24, 2.45) is 0 Å². The molecule has 1 heterocycles. The first-order valence-electron chi connectivity index (χ1n) is 7.20. The van der Waals surface area contributed by atoms with Crippen molar-refractivity contribution in [3.8, 4) is 11.8 Å². The van der Waals surface area contributed by atoms with E-state index >= 15 is 0 Å². The van der Waals surface area contributed by atoms with E-state index in [2.05, 4.69) is 22.2 Å². The number of aromatic nitrogens is 1. The zero-order chi connectivity index (χ0) is 18.1. The lowest BCUT2D eigenvalue weighted by Crippen LogP contribution is -2.13. The van der Waals surface area contributed by atoms with Crippen molar-refractivity contribution in [2.75, 3.05) is 17.2 Å². The molecule has 0 aliphatic carbocycles. The number of anilines is 2. The second kappa shape index (κ2) is 8.69. The fraction of sp³-hybridized carbons (Fsp3) is 0.0588. The van der Waals surface area contributed by atoms with Crippen LogP contribution in [0.1, 0.15) is 5.56 Å². The van der Waals surface area contributed by atoms with Crippen molar-refractivity contribution in [3.63, 3.8) is 0 Å². The average Bonchev–Trinajstić information content (AvgIpc) is 2.61. The van der Waals surface area contributed by atoms with Crippen LogP contribution in [-0.4, -0.2) is 16.5 Å². The molecule has 0 unspecified atom stereocenters. The number of nitriles is 1. The summed E-state index contributed by atoms with van der Waals surface area (Å²) in [4.78, 5) is 14.4. The van der Waals surface area contributed by atoms with Gasteiger partial charge in [0.1, 0.15) is 18.2 Å². The second-order valence-corrected chi connectivity index (χ2v) is 4.72. The van der Waals surface area contributed by atoms with Crippen LogP contribution >= 0.6 is 0 Å². The molecule has 0 aliphatic heterocycles. The Kier molecular flexibility index (Phi) is 6.08. The first-order chi connectivity index (χ1) is 12.1. The smallest absolute Gasteiger partial charge is 0.274 e. The van der Waals surface area contributed by atoms with Gasteiger partial charge >= 0.3 is 0 Å². The summed E-state index contributed by atoms with van der Waals surface area (Å²) in [6, 6.07) is 11.9. The standard InChI is InChI=1S/C17H15N5O3/c1-2-9-25-15-10-13(11-18)6-7-14(15)20-17(12-22(23)24)21-16-5-3-4-8-19-16/h2-8,10,12,20H,1,9H2,(H,19,21). The van der Waals surface area contributed by atoms with Gasteiger partial charge in [-0.15, -0.1) is 0 Å². The molecule has 0 amide bonds. The largest absolute Gasteiger partial charge is 0.487 e. The number of ether oxygens (including phenoxy) is 1. The summed E-state index contributed by atoms with van der Waals surface area (Å²) in [6.45, 7) is 3.80. The molecule has 1 aromatic heterocycles. The van der Waals surface area contributed by atoms with Crippen LogP contribution in [0.3, 0.4) is 0 Å². The van der Waals surface area contributed by atoms with Crippen LogP contribution in [0.2, 0.25) is 0 Å². The van der Waals surface area contributed by atoms with Crippen molar-refractivity contribution in [3.05, 3.63) is 82.9 Å². The predicted octanol–water partition coefficient (Wildman–Crippen LogP) is 3.12. The maximum absolute atomic E-state index is 10.9. The highest BCUT2D eigenvalue weighted by molar-refractivity contribution is 5.63. The molecular weight excluding hydrogens is 322 g/mol. The van der Waals surface area contributed by atoms with Crippen LogP contribution in [0.5, 0.6) is 5.75 Å². The van der Waals surface area contributed by atoms with Crippen LogP contribution in [0, 0.1) is 21.4 Å². The third kappa shape index (κ3) is 5.37. The molecule has 0 saturated heterocycles. The van der Waals surface area contributed by atoms with Crippen molar-refractivity contribution < 1.29 is 9.66 Å². The summed E-state index contributed by atoms with van der Waals surface area (Å²) < 4.78 is 5.51. The molecule has 0 aliphatic rings. The molecule has 0 spiro atoms. The van der Waals surface area contributed by atoms with Crippen LogP contribution in [0.4, 0.5) is 11.5 Å². The highest BCUT2D eigenvalue weighted by Crippen LogP contribution is 2.27. The highest BCUT2D eigenvalue weighted by Gasteiger charge is 2.10. The van der Waals surface area contributed by atoms with E-state index < -0.39 is 4.92 Å². The Balaban J connectivity index is 2.30. The minimum atomic E-state index is -0.591. The molecule has 0 atom stereocenters. The lowest BCUT2D eigenvalue weighted by Gasteiger charge is -2.14. The first-order valence-corrected chi connectivity index (χ1v) is 7.20. The fourth-order valence-electron chi connectivity index (χ4n) is 1.88. The van der Waals surface area contributed by atoms with Gasteiger partial charge in [0.15, 0.2) is 5.82 Å². The lowest BCUT2D eigenvalue weighted by atomic mass is 10.2. The molecule has 0 saturated carbocycles. The molecular formula is C17H15N5O3. The summed E-state index contributed by atoms with van der Waals surface area (Å²) in [6.07, 6.45) is 3.90. The highest BCUT2D eigenvalue weighted by atomic mass is 16.6. The van der Waals surface area contributed by atoms with Gasteiger partial charge in [0.2, 0.25) is 0 Å². The monoisotopic (exact) mass is 337 g/mol. The molecule has 0 radical (unpaired) electrons. The molecule has 25 heavy (non-hydrogen) atoms. The summed E-state index contributed by atoms with van der Waals surface area (Å²) >= 11 is 0.